The number of rotatable bonds is 3. The molecule has 1 saturated heterocycles. The number of halogens is 1. The SMILES string of the molecule is Cc1cc(C)c2c(c1Cl)CC(=N\OCC(=O)N1CCN(C(=O)OC(C)(C)C)CC1)/C=C/CC/C=C/CCOC2=O. The molecule has 2 aliphatic heterocycles. The summed E-state index contributed by atoms with van der Waals surface area (Å²) in [6.45, 7) is 10.8. The van der Waals surface area contributed by atoms with E-state index in [0.717, 1.165) is 24.0 Å². The van der Waals surface area contributed by atoms with Gasteiger partial charge in [0.05, 0.1) is 17.9 Å². The molecular formula is C30H40ClN3O6. The van der Waals surface area contributed by atoms with Crippen molar-refractivity contribution in [3.05, 3.63) is 57.6 Å². The Morgan fingerprint density at radius 3 is 2.35 bits per heavy atom. The number of hydrogen-bond acceptors (Lipinski definition) is 7. The standard InChI is InChI=1S/C30H40ClN3O6/c1-21-18-22(2)27(31)24-19-23(12-10-8-6-7-9-11-17-38-28(36)26(21)24)32-39-20-25(35)33-13-15-34(16-14-33)29(37)40-30(3,4)5/h7,9-10,12,18H,6,8,11,13-17,19-20H2,1-5H3/b9-7+,12-10+,32-23-. The van der Waals surface area contributed by atoms with Gasteiger partial charge < -0.3 is 24.1 Å². The van der Waals surface area contributed by atoms with Gasteiger partial charge in [-0.15, -0.1) is 0 Å². The average Bonchev–Trinajstić information content (AvgIpc) is 2.88. The molecule has 0 N–H and O–H groups in total. The predicted molar refractivity (Wildman–Crippen MR) is 155 cm³/mol. The summed E-state index contributed by atoms with van der Waals surface area (Å²) in [5.41, 5.74) is 2.63. The van der Waals surface area contributed by atoms with Crippen LogP contribution >= 0.6 is 11.6 Å². The lowest BCUT2D eigenvalue weighted by molar-refractivity contribution is -0.137. The number of hydrogen-bond donors (Lipinski definition) is 0. The fraction of sp³-hybridized carbons (Fsp3) is 0.533. The highest BCUT2D eigenvalue weighted by Crippen LogP contribution is 2.29. The quantitative estimate of drug-likeness (QED) is 0.273. The van der Waals surface area contributed by atoms with Crippen LogP contribution in [0.1, 0.15) is 67.1 Å². The molecule has 3 rings (SSSR count). The molecule has 0 atom stereocenters. The first-order chi connectivity index (χ1) is 19.0. The van der Waals surface area contributed by atoms with Gasteiger partial charge >= 0.3 is 12.1 Å². The van der Waals surface area contributed by atoms with E-state index in [2.05, 4.69) is 11.2 Å². The highest BCUT2D eigenvalue weighted by atomic mass is 35.5. The normalized spacial score (nSPS) is 19.8. The first-order valence-corrected chi connectivity index (χ1v) is 14.1. The maximum absolute atomic E-state index is 13.0. The van der Waals surface area contributed by atoms with Crippen molar-refractivity contribution in [2.24, 2.45) is 5.16 Å². The molecule has 0 aromatic heterocycles. The van der Waals surface area contributed by atoms with Crippen LogP contribution in [0.25, 0.3) is 0 Å². The van der Waals surface area contributed by atoms with Crippen molar-refractivity contribution >= 4 is 35.3 Å². The third-order valence-electron chi connectivity index (χ3n) is 6.45. The molecule has 0 aliphatic carbocycles. The van der Waals surface area contributed by atoms with Gasteiger partial charge in [0.25, 0.3) is 5.91 Å². The number of cyclic esters (lactones) is 1. The molecule has 40 heavy (non-hydrogen) atoms. The number of esters is 1. The Bertz CT molecular complexity index is 1180. The van der Waals surface area contributed by atoms with Gasteiger partial charge in [0.2, 0.25) is 0 Å². The predicted octanol–water partition coefficient (Wildman–Crippen LogP) is 5.40. The first-order valence-electron chi connectivity index (χ1n) is 13.7. The Balaban J connectivity index is 1.71. The summed E-state index contributed by atoms with van der Waals surface area (Å²) in [6.07, 6.45) is 10.0. The van der Waals surface area contributed by atoms with E-state index in [9.17, 15) is 14.4 Å². The molecule has 2 heterocycles. The van der Waals surface area contributed by atoms with Crippen molar-refractivity contribution < 1.29 is 28.7 Å². The monoisotopic (exact) mass is 573 g/mol. The minimum Gasteiger partial charge on any atom is -0.462 e. The van der Waals surface area contributed by atoms with Crippen molar-refractivity contribution in [3.63, 3.8) is 0 Å². The average molecular weight is 574 g/mol. The van der Waals surface area contributed by atoms with Crippen molar-refractivity contribution in [2.45, 2.75) is 65.9 Å². The number of benzene rings is 1. The fourth-order valence-electron chi connectivity index (χ4n) is 4.46. The Hall–Kier alpha value is -3.33. The zero-order valence-electron chi connectivity index (χ0n) is 24.1. The first kappa shape index (κ1) is 31.2. The molecular weight excluding hydrogens is 534 g/mol. The summed E-state index contributed by atoms with van der Waals surface area (Å²) in [5.74, 6) is -0.651. The number of carbonyl (C=O) groups is 3. The summed E-state index contributed by atoms with van der Waals surface area (Å²) in [7, 11) is 0. The van der Waals surface area contributed by atoms with Crippen LogP contribution in [0.2, 0.25) is 5.02 Å². The Morgan fingerprint density at radius 1 is 1.00 bits per heavy atom. The number of ether oxygens (including phenoxy) is 2. The third kappa shape index (κ3) is 9.11. The second-order valence-corrected chi connectivity index (χ2v) is 11.3. The molecule has 1 aromatic carbocycles. The summed E-state index contributed by atoms with van der Waals surface area (Å²) in [5, 5.41) is 4.74. The van der Waals surface area contributed by atoms with E-state index in [-0.39, 0.29) is 31.6 Å². The van der Waals surface area contributed by atoms with Gasteiger partial charge in [-0.25, -0.2) is 9.59 Å². The lowest BCUT2D eigenvalue weighted by Crippen LogP contribution is -2.52. The second-order valence-electron chi connectivity index (χ2n) is 10.9. The number of carbonyl (C=O) groups excluding carboxylic acids is 3. The van der Waals surface area contributed by atoms with Crippen LogP contribution in [0, 0.1) is 13.8 Å². The minimum atomic E-state index is -0.573. The number of piperazine rings is 1. The largest absolute Gasteiger partial charge is 0.462 e. The molecule has 9 nitrogen and oxygen atoms in total. The van der Waals surface area contributed by atoms with Crippen LogP contribution in [0.5, 0.6) is 0 Å². The number of fused-ring (bicyclic) bond motifs is 1. The molecule has 0 radical (unpaired) electrons. The van der Waals surface area contributed by atoms with Crippen molar-refractivity contribution in [1.29, 1.82) is 0 Å². The van der Waals surface area contributed by atoms with Crippen molar-refractivity contribution in [1.82, 2.24) is 9.80 Å². The van der Waals surface area contributed by atoms with Crippen LogP contribution in [0.15, 0.2) is 35.5 Å². The van der Waals surface area contributed by atoms with E-state index in [1.54, 1.807) is 9.80 Å². The summed E-state index contributed by atoms with van der Waals surface area (Å²) >= 11 is 6.68. The Labute approximate surface area is 241 Å². The Morgan fingerprint density at radius 2 is 1.65 bits per heavy atom. The van der Waals surface area contributed by atoms with Gasteiger partial charge in [0.1, 0.15) is 5.60 Å². The number of aryl methyl sites for hydroxylation is 2. The maximum atomic E-state index is 13.0. The second kappa shape index (κ2) is 14.3. The summed E-state index contributed by atoms with van der Waals surface area (Å²) in [4.78, 5) is 46.8. The molecule has 0 spiro atoms. The van der Waals surface area contributed by atoms with E-state index in [4.69, 9.17) is 25.9 Å². The molecule has 2 aliphatic rings. The van der Waals surface area contributed by atoms with Gasteiger partial charge in [0.15, 0.2) is 6.61 Å². The molecule has 218 valence electrons. The smallest absolute Gasteiger partial charge is 0.410 e. The highest BCUT2D eigenvalue weighted by Gasteiger charge is 2.28. The topological polar surface area (TPSA) is 97.7 Å². The molecule has 1 aromatic rings. The number of nitrogens with zero attached hydrogens (tertiary/aromatic N) is 3. The molecule has 0 bridgehead atoms. The minimum absolute atomic E-state index is 0.225. The molecule has 1 fully saturated rings. The zero-order valence-corrected chi connectivity index (χ0v) is 24.9. The van der Waals surface area contributed by atoms with Gasteiger partial charge in [0, 0.05) is 37.6 Å². The molecule has 10 heteroatoms. The third-order valence-corrected chi connectivity index (χ3v) is 6.98. The van der Waals surface area contributed by atoms with E-state index in [0.29, 0.717) is 54.5 Å². The number of allylic oxidation sites excluding steroid dienone is 3. The van der Waals surface area contributed by atoms with Crippen molar-refractivity contribution in [2.75, 3.05) is 39.4 Å². The van der Waals surface area contributed by atoms with Crippen LogP contribution in [-0.2, 0) is 25.5 Å². The van der Waals surface area contributed by atoms with Gasteiger partial charge in [-0.1, -0.05) is 41.1 Å². The molecule has 2 amide bonds. The van der Waals surface area contributed by atoms with Crippen LogP contribution in [-0.4, -0.2) is 78.5 Å². The summed E-state index contributed by atoms with van der Waals surface area (Å²) < 4.78 is 10.9. The Kier molecular flexibility index (Phi) is 11.2. The van der Waals surface area contributed by atoms with Crippen LogP contribution in [0.3, 0.4) is 0 Å². The van der Waals surface area contributed by atoms with Crippen LogP contribution in [0.4, 0.5) is 4.79 Å². The van der Waals surface area contributed by atoms with E-state index < -0.39 is 11.6 Å². The number of amides is 2. The van der Waals surface area contributed by atoms with Gasteiger partial charge in [-0.05, 0) is 76.6 Å². The van der Waals surface area contributed by atoms with E-state index in [1.807, 2.05) is 58.9 Å². The molecule has 0 unspecified atom stereocenters. The lowest BCUT2D eigenvalue weighted by Gasteiger charge is -2.35. The van der Waals surface area contributed by atoms with Gasteiger partial charge in [-0.3, -0.25) is 4.79 Å². The van der Waals surface area contributed by atoms with Crippen molar-refractivity contribution in [3.8, 4) is 0 Å². The lowest BCUT2D eigenvalue weighted by atomic mass is 9.94. The maximum Gasteiger partial charge on any atom is 0.410 e. The van der Waals surface area contributed by atoms with Gasteiger partial charge in [-0.2, -0.15) is 0 Å². The highest BCUT2D eigenvalue weighted by molar-refractivity contribution is 6.33. The van der Waals surface area contributed by atoms with E-state index in [1.165, 1.54) is 0 Å². The van der Waals surface area contributed by atoms with E-state index >= 15 is 0 Å². The molecule has 0 saturated carbocycles. The zero-order chi connectivity index (χ0) is 29.3. The van der Waals surface area contributed by atoms with Crippen LogP contribution < -0.4 is 0 Å². The fourth-order valence-corrected chi connectivity index (χ4v) is 4.68. The summed E-state index contributed by atoms with van der Waals surface area (Å²) in [6, 6.07) is 1.87. The number of oxime groups is 1.